The van der Waals surface area contributed by atoms with Crippen LogP contribution in [0.5, 0.6) is 0 Å². The monoisotopic (exact) mass is 138 g/mol. The maximum Gasteiger partial charge on any atom is 0.149 e. The van der Waals surface area contributed by atoms with E-state index >= 15 is 0 Å². The van der Waals surface area contributed by atoms with E-state index in [1.807, 2.05) is 32.9 Å². The predicted octanol–water partition coefficient (Wildman–Crippen LogP) is 2.49. The van der Waals surface area contributed by atoms with Gasteiger partial charge in [0.2, 0.25) is 0 Å². The third-order valence-electron chi connectivity index (χ3n) is 1.44. The molecule has 0 bridgehead atoms. The van der Waals surface area contributed by atoms with E-state index in [0.717, 1.165) is 23.9 Å². The van der Waals surface area contributed by atoms with Gasteiger partial charge in [-0.2, -0.15) is 0 Å². The van der Waals surface area contributed by atoms with E-state index in [1.54, 1.807) is 0 Å². The van der Waals surface area contributed by atoms with Gasteiger partial charge in [0.15, 0.2) is 0 Å². The Labute approximate surface area is 62.4 Å². The third kappa shape index (κ3) is 2.62. The first-order valence-electron chi connectivity index (χ1n) is 3.54. The summed E-state index contributed by atoms with van der Waals surface area (Å²) in [7, 11) is 0. The third-order valence-corrected chi connectivity index (χ3v) is 1.44. The number of carbonyl (C=O) groups excluding carboxylic acids is 1. The van der Waals surface area contributed by atoms with Gasteiger partial charge in [-0.05, 0) is 25.8 Å². The summed E-state index contributed by atoms with van der Waals surface area (Å²) in [5.74, 6) is 0. The van der Waals surface area contributed by atoms with Gasteiger partial charge < -0.3 is 0 Å². The molecule has 0 aliphatic rings. The van der Waals surface area contributed by atoms with Gasteiger partial charge in [0.1, 0.15) is 6.29 Å². The molecule has 10 heavy (non-hydrogen) atoms. The lowest BCUT2D eigenvalue weighted by atomic mass is 10.1. The molecule has 1 nitrogen and oxygen atoms in total. The van der Waals surface area contributed by atoms with Gasteiger partial charge in [-0.15, -0.1) is 0 Å². The first kappa shape index (κ1) is 9.15. The Morgan fingerprint density at radius 1 is 1.50 bits per heavy atom. The van der Waals surface area contributed by atoms with Gasteiger partial charge in [-0.25, -0.2) is 0 Å². The molecule has 0 aromatic carbocycles. The van der Waals surface area contributed by atoms with Crippen LogP contribution in [-0.4, -0.2) is 6.29 Å². The summed E-state index contributed by atoms with van der Waals surface area (Å²) in [6.45, 7) is 5.89. The zero-order valence-electron chi connectivity index (χ0n) is 6.85. The van der Waals surface area contributed by atoms with Crippen LogP contribution in [0.4, 0.5) is 0 Å². The largest absolute Gasteiger partial charge is 0.298 e. The average Bonchev–Trinajstić information content (AvgIpc) is 1.99. The summed E-state index contributed by atoms with van der Waals surface area (Å²) in [5, 5.41) is 0. The van der Waals surface area contributed by atoms with Crippen molar-refractivity contribution in [1.29, 1.82) is 0 Å². The molecule has 0 fully saturated rings. The van der Waals surface area contributed by atoms with Crippen LogP contribution in [0.1, 0.15) is 27.2 Å². The minimum Gasteiger partial charge on any atom is -0.298 e. The molecule has 0 aliphatic carbocycles. The van der Waals surface area contributed by atoms with Gasteiger partial charge in [0, 0.05) is 5.57 Å². The number of aldehydes is 1. The first-order chi connectivity index (χ1) is 4.76. The molecule has 0 unspecified atom stereocenters. The van der Waals surface area contributed by atoms with Gasteiger partial charge >= 0.3 is 0 Å². The molecule has 0 saturated carbocycles. The van der Waals surface area contributed by atoms with Crippen LogP contribution >= 0.6 is 0 Å². The average molecular weight is 138 g/mol. The molecule has 56 valence electrons. The lowest BCUT2D eigenvalue weighted by molar-refractivity contribution is -0.104. The lowest BCUT2D eigenvalue weighted by Gasteiger charge is -1.95. The Morgan fingerprint density at radius 2 is 2.10 bits per heavy atom. The van der Waals surface area contributed by atoms with Gasteiger partial charge in [-0.1, -0.05) is 19.1 Å². The number of hydrogen-bond donors (Lipinski definition) is 0. The quantitative estimate of drug-likeness (QED) is 0.332. The highest BCUT2D eigenvalue weighted by Gasteiger charge is 1.93. The summed E-state index contributed by atoms with van der Waals surface area (Å²) in [6.07, 6.45) is 5.69. The van der Waals surface area contributed by atoms with Crippen molar-refractivity contribution in [3.63, 3.8) is 0 Å². The Bertz CT molecular complexity index is 164. The maximum absolute atomic E-state index is 10.4. The van der Waals surface area contributed by atoms with Crippen LogP contribution in [-0.2, 0) is 4.79 Å². The predicted molar refractivity (Wildman–Crippen MR) is 43.9 cm³/mol. The topological polar surface area (TPSA) is 17.1 Å². The van der Waals surface area contributed by atoms with Gasteiger partial charge in [0.25, 0.3) is 0 Å². The van der Waals surface area contributed by atoms with E-state index in [4.69, 9.17) is 0 Å². The Kier molecular flexibility index (Phi) is 4.55. The summed E-state index contributed by atoms with van der Waals surface area (Å²) in [4.78, 5) is 10.4. The Balaban J connectivity index is 4.35. The van der Waals surface area contributed by atoms with Crippen molar-refractivity contribution in [1.82, 2.24) is 0 Å². The second kappa shape index (κ2) is 4.98. The van der Waals surface area contributed by atoms with Crippen molar-refractivity contribution in [3.8, 4) is 0 Å². The normalized spacial score (nSPS) is 13.5. The van der Waals surface area contributed by atoms with Crippen LogP contribution < -0.4 is 0 Å². The number of hydrogen-bond acceptors (Lipinski definition) is 1. The molecule has 0 radical (unpaired) electrons. The maximum atomic E-state index is 10.4. The highest BCUT2D eigenvalue weighted by atomic mass is 16.1. The van der Waals surface area contributed by atoms with Gasteiger partial charge in [-0.3, -0.25) is 4.79 Å². The second-order valence-corrected chi connectivity index (χ2v) is 2.16. The molecule has 0 spiro atoms. The standard InChI is InChI=1S/C9H14O/c1-4-6-9(7-10)8(3)5-2/h5-7H,4H2,1-3H3/b8-5+,9-6+. The van der Waals surface area contributed by atoms with Crippen molar-refractivity contribution < 1.29 is 4.79 Å². The molecule has 0 N–H and O–H groups in total. The minimum absolute atomic E-state index is 0.810. The van der Waals surface area contributed by atoms with Crippen molar-refractivity contribution in [2.24, 2.45) is 0 Å². The second-order valence-electron chi connectivity index (χ2n) is 2.16. The van der Waals surface area contributed by atoms with Crippen molar-refractivity contribution in [3.05, 3.63) is 23.3 Å². The minimum atomic E-state index is 0.810. The first-order valence-corrected chi connectivity index (χ1v) is 3.54. The molecule has 0 amide bonds. The van der Waals surface area contributed by atoms with Crippen LogP contribution in [0, 0.1) is 0 Å². The smallest absolute Gasteiger partial charge is 0.149 e. The van der Waals surface area contributed by atoms with Crippen LogP contribution in [0.2, 0.25) is 0 Å². The molecular formula is C9H14O. The van der Waals surface area contributed by atoms with Crippen molar-refractivity contribution >= 4 is 6.29 Å². The molecule has 0 saturated heterocycles. The van der Waals surface area contributed by atoms with E-state index in [-0.39, 0.29) is 0 Å². The summed E-state index contributed by atoms with van der Waals surface area (Å²) >= 11 is 0. The molecule has 0 atom stereocenters. The van der Waals surface area contributed by atoms with Crippen LogP contribution in [0.15, 0.2) is 23.3 Å². The number of carbonyl (C=O) groups is 1. The molecule has 0 rings (SSSR count). The van der Waals surface area contributed by atoms with E-state index in [9.17, 15) is 4.79 Å². The summed E-state index contributed by atoms with van der Waals surface area (Å²) in [6, 6.07) is 0. The zero-order valence-corrected chi connectivity index (χ0v) is 6.85. The van der Waals surface area contributed by atoms with E-state index in [1.165, 1.54) is 0 Å². The molecule has 0 heterocycles. The molecule has 0 aromatic rings. The summed E-state index contributed by atoms with van der Waals surface area (Å²) in [5.41, 5.74) is 1.86. The van der Waals surface area contributed by atoms with Crippen molar-refractivity contribution in [2.75, 3.05) is 0 Å². The van der Waals surface area contributed by atoms with E-state index in [2.05, 4.69) is 0 Å². The Hall–Kier alpha value is -0.850. The Morgan fingerprint density at radius 3 is 2.40 bits per heavy atom. The molecule has 1 heteroatoms. The number of allylic oxidation sites excluding steroid dienone is 4. The molecule has 0 aromatic heterocycles. The highest BCUT2D eigenvalue weighted by Crippen LogP contribution is 2.06. The SMILES string of the molecule is C/C=C(C)/C(C=O)=C/CC. The van der Waals surface area contributed by atoms with E-state index < -0.39 is 0 Å². The van der Waals surface area contributed by atoms with Crippen LogP contribution in [0.25, 0.3) is 0 Å². The molecule has 0 aliphatic heterocycles. The fourth-order valence-corrected chi connectivity index (χ4v) is 0.689. The number of rotatable bonds is 3. The summed E-state index contributed by atoms with van der Waals surface area (Å²) < 4.78 is 0. The fraction of sp³-hybridized carbons (Fsp3) is 0.444. The highest BCUT2D eigenvalue weighted by molar-refractivity contribution is 5.79. The fourth-order valence-electron chi connectivity index (χ4n) is 0.689. The van der Waals surface area contributed by atoms with Gasteiger partial charge in [0.05, 0.1) is 0 Å². The lowest BCUT2D eigenvalue weighted by Crippen LogP contribution is -1.85. The van der Waals surface area contributed by atoms with Crippen molar-refractivity contribution in [2.45, 2.75) is 27.2 Å². The van der Waals surface area contributed by atoms with E-state index in [0.29, 0.717) is 0 Å². The zero-order chi connectivity index (χ0) is 7.98. The molecular weight excluding hydrogens is 124 g/mol. The van der Waals surface area contributed by atoms with Crippen LogP contribution in [0.3, 0.4) is 0 Å².